The molecule has 5 rings (SSSR count). The third-order valence-electron chi connectivity index (χ3n) is 7.81. The van der Waals surface area contributed by atoms with Crippen LogP contribution in [0.3, 0.4) is 0 Å². The third kappa shape index (κ3) is 6.50. The number of benzene rings is 4. The lowest BCUT2D eigenvalue weighted by Gasteiger charge is -2.36. The number of allylic oxidation sites excluding steroid dienone is 2. The van der Waals surface area contributed by atoms with Crippen LogP contribution in [0, 0.1) is 0 Å². The van der Waals surface area contributed by atoms with Gasteiger partial charge in [-0.1, -0.05) is 97.1 Å². The number of alkyl halides is 3. The first kappa shape index (κ1) is 31.6. The summed E-state index contributed by atoms with van der Waals surface area (Å²) in [5.74, 6) is -1.56. The normalized spacial score (nSPS) is 17.3. The lowest BCUT2D eigenvalue weighted by Crippen LogP contribution is -2.49. The number of fused-ring (bicyclic) bond motifs is 1. The molecule has 0 N–H and O–H groups in total. The summed E-state index contributed by atoms with van der Waals surface area (Å²) in [6, 6.07) is 30.7. The number of para-hydroxylation sites is 2. The summed E-state index contributed by atoms with van der Waals surface area (Å²) in [4.78, 5) is 29.5. The van der Waals surface area contributed by atoms with E-state index in [-0.39, 0.29) is 18.2 Å². The molecule has 4 aromatic rings. The highest BCUT2D eigenvalue weighted by atomic mass is 19.4. The molecule has 1 heterocycles. The zero-order chi connectivity index (χ0) is 32.4. The number of amides is 2. The number of halogens is 3. The molecule has 0 fully saturated rings. The Balaban J connectivity index is 1.75. The second kappa shape index (κ2) is 12.3. The van der Waals surface area contributed by atoms with E-state index in [2.05, 4.69) is 0 Å². The van der Waals surface area contributed by atoms with Gasteiger partial charge in [-0.2, -0.15) is 13.2 Å². The Hall–Kier alpha value is -4.85. The van der Waals surface area contributed by atoms with Crippen LogP contribution in [0.15, 0.2) is 115 Å². The molecule has 0 aromatic heterocycles. The molecule has 0 bridgehead atoms. The zero-order valence-corrected chi connectivity index (χ0v) is 25.5. The minimum absolute atomic E-state index is 0.0118. The number of methoxy groups -OCH3 is 1. The molecule has 0 saturated carbocycles. The summed E-state index contributed by atoms with van der Waals surface area (Å²) < 4.78 is 52.8. The molecule has 8 heteroatoms. The van der Waals surface area contributed by atoms with E-state index in [0.29, 0.717) is 22.4 Å². The third-order valence-corrected chi connectivity index (χ3v) is 7.81. The standard InChI is InChI=1S/C37H34F3NO4/c1-35(2,3)45-34(43)41-31-16-10-9-15-30(31)36(33(41)42,24-25-18-20-27(21-19-25)26-12-6-5-7-13-26)29(22-23-37(38,39)40)28-14-8-11-17-32(28)44-4/h5-23,29H,24H2,1-4H3/b23-22+. The van der Waals surface area contributed by atoms with E-state index in [4.69, 9.17) is 9.47 Å². The van der Waals surface area contributed by atoms with Crippen molar-refractivity contribution in [2.24, 2.45) is 0 Å². The van der Waals surface area contributed by atoms with Gasteiger partial charge >= 0.3 is 12.3 Å². The Labute approximate surface area is 260 Å². The van der Waals surface area contributed by atoms with Gasteiger partial charge in [-0.05, 0) is 61.6 Å². The van der Waals surface area contributed by atoms with Gasteiger partial charge in [-0.25, -0.2) is 9.69 Å². The molecule has 5 nitrogen and oxygen atoms in total. The predicted molar refractivity (Wildman–Crippen MR) is 168 cm³/mol. The van der Waals surface area contributed by atoms with Crippen molar-refractivity contribution in [3.05, 3.63) is 132 Å². The summed E-state index contributed by atoms with van der Waals surface area (Å²) in [7, 11) is 1.43. The van der Waals surface area contributed by atoms with E-state index in [1.165, 1.54) is 7.11 Å². The van der Waals surface area contributed by atoms with Crippen LogP contribution in [0.2, 0.25) is 0 Å². The molecule has 2 atom stereocenters. The number of rotatable bonds is 7. The number of ether oxygens (including phenoxy) is 2. The average Bonchev–Trinajstić information content (AvgIpc) is 3.25. The quantitative estimate of drug-likeness (QED) is 0.195. The van der Waals surface area contributed by atoms with E-state index in [9.17, 15) is 22.8 Å². The van der Waals surface area contributed by atoms with Crippen LogP contribution in [0.25, 0.3) is 11.1 Å². The van der Waals surface area contributed by atoms with Crippen molar-refractivity contribution >= 4 is 17.7 Å². The molecule has 4 aromatic carbocycles. The second-order valence-corrected chi connectivity index (χ2v) is 12.0. The number of carbonyl (C=O) groups excluding carboxylic acids is 2. The first-order valence-corrected chi connectivity index (χ1v) is 14.5. The fourth-order valence-electron chi connectivity index (χ4n) is 5.97. The summed E-state index contributed by atoms with van der Waals surface area (Å²) in [5, 5.41) is 0. The van der Waals surface area contributed by atoms with Crippen molar-refractivity contribution in [3.8, 4) is 16.9 Å². The SMILES string of the molecule is COc1ccccc1C(/C=C/C(F)(F)F)C1(Cc2ccc(-c3ccccc3)cc2)C(=O)N(C(=O)OC(C)(C)C)c2ccccc21. The van der Waals surface area contributed by atoms with Gasteiger partial charge in [-0.3, -0.25) is 4.79 Å². The highest BCUT2D eigenvalue weighted by Crippen LogP contribution is 2.54. The van der Waals surface area contributed by atoms with Gasteiger partial charge in [0.2, 0.25) is 5.91 Å². The van der Waals surface area contributed by atoms with Gasteiger partial charge in [0.15, 0.2) is 0 Å². The molecule has 0 aliphatic carbocycles. The summed E-state index contributed by atoms with van der Waals surface area (Å²) in [6.45, 7) is 5.05. The molecule has 2 amide bonds. The Bertz CT molecular complexity index is 1710. The van der Waals surface area contributed by atoms with Crippen molar-refractivity contribution in [3.63, 3.8) is 0 Å². The average molecular weight is 614 g/mol. The molecule has 0 radical (unpaired) electrons. The first-order chi connectivity index (χ1) is 21.3. The molecule has 232 valence electrons. The molecule has 45 heavy (non-hydrogen) atoms. The van der Waals surface area contributed by atoms with E-state index >= 15 is 0 Å². The second-order valence-electron chi connectivity index (χ2n) is 12.0. The predicted octanol–water partition coefficient (Wildman–Crippen LogP) is 9.03. The maximum absolute atomic E-state index is 14.9. The number of hydrogen-bond acceptors (Lipinski definition) is 4. The van der Waals surface area contributed by atoms with Gasteiger partial charge in [0.1, 0.15) is 11.4 Å². The molecular weight excluding hydrogens is 579 g/mol. The molecule has 0 saturated heterocycles. The Morgan fingerprint density at radius 1 is 0.844 bits per heavy atom. The van der Waals surface area contributed by atoms with Crippen molar-refractivity contribution in [1.29, 1.82) is 0 Å². The van der Waals surface area contributed by atoms with Gasteiger partial charge in [0.05, 0.1) is 18.2 Å². The molecule has 0 spiro atoms. The van der Waals surface area contributed by atoms with Crippen LogP contribution in [-0.2, 0) is 21.4 Å². The van der Waals surface area contributed by atoms with Gasteiger partial charge in [0, 0.05) is 17.6 Å². The Morgan fingerprint density at radius 2 is 1.44 bits per heavy atom. The van der Waals surface area contributed by atoms with Crippen molar-refractivity contribution in [1.82, 2.24) is 0 Å². The maximum Gasteiger partial charge on any atom is 0.421 e. The smallest absolute Gasteiger partial charge is 0.421 e. The van der Waals surface area contributed by atoms with Crippen LogP contribution in [0.1, 0.15) is 43.4 Å². The number of imide groups is 1. The van der Waals surface area contributed by atoms with Crippen molar-refractivity contribution in [2.75, 3.05) is 12.0 Å². The number of anilines is 1. The van der Waals surface area contributed by atoms with Crippen LogP contribution < -0.4 is 9.64 Å². The lowest BCUT2D eigenvalue weighted by atomic mass is 9.64. The van der Waals surface area contributed by atoms with E-state index < -0.39 is 35.1 Å². The Kier molecular flexibility index (Phi) is 8.61. The summed E-state index contributed by atoms with van der Waals surface area (Å²) >= 11 is 0. The Morgan fingerprint density at radius 3 is 2.09 bits per heavy atom. The fourth-order valence-corrected chi connectivity index (χ4v) is 5.97. The van der Waals surface area contributed by atoms with Gasteiger partial charge in [0.25, 0.3) is 0 Å². The highest BCUT2D eigenvalue weighted by molar-refractivity contribution is 6.21. The zero-order valence-electron chi connectivity index (χ0n) is 25.5. The minimum Gasteiger partial charge on any atom is -0.496 e. The van der Waals surface area contributed by atoms with Crippen LogP contribution in [0.4, 0.5) is 23.7 Å². The molecule has 2 unspecified atom stereocenters. The monoisotopic (exact) mass is 613 g/mol. The molecular formula is C37H34F3NO4. The molecule has 1 aliphatic heterocycles. The van der Waals surface area contributed by atoms with Gasteiger partial charge < -0.3 is 9.47 Å². The first-order valence-electron chi connectivity index (χ1n) is 14.5. The number of nitrogens with zero attached hydrogens (tertiary/aromatic N) is 1. The molecule has 1 aliphatic rings. The minimum atomic E-state index is -4.66. The van der Waals surface area contributed by atoms with Crippen LogP contribution in [-0.4, -0.2) is 30.9 Å². The number of carbonyl (C=O) groups is 2. The van der Waals surface area contributed by atoms with E-state index in [0.717, 1.165) is 22.1 Å². The van der Waals surface area contributed by atoms with Crippen LogP contribution in [0.5, 0.6) is 5.75 Å². The number of hydrogen-bond donors (Lipinski definition) is 0. The largest absolute Gasteiger partial charge is 0.496 e. The summed E-state index contributed by atoms with van der Waals surface area (Å²) in [6.07, 6.45) is -4.42. The summed E-state index contributed by atoms with van der Waals surface area (Å²) in [5.41, 5.74) is 1.08. The lowest BCUT2D eigenvalue weighted by molar-refractivity contribution is -0.123. The van der Waals surface area contributed by atoms with Crippen molar-refractivity contribution < 1.29 is 32.2 Å². The van der Waals surface area contributed by atoms with Crippen LogP contribution >= 0.6 is 0 Å². The van der Waals surface area contributed by atoms with Crippen molar-refractivity contribution in [2.45, 2.75) is 50.3 Å². The highest BCUT2D eigenvalue weighted by Gasteiger charge is 2.58. The van der Waals surface area contributed by atoms with E-state index in [1.54, 1.807) is 69.3 Å². The fraction of sp³-hybridized carbons (Fsp3) is 0.243. The maximum atomic E-state index is 14.9. The van der Waals surface area contributed by atoms with Gasteiger partial charge in [-0.15, -0.1) is 0 Å². The van der Waals surface area contributed by atoms with E-state index in [1.807, 2.05) is 54.6 Å². The topological polar surface area (TPSA) is 55.8 Å².